The van der Waals surface area contributed by atoms with Gasteiger partial charge >= 0.3 is 0 Å². The zero-order valence-electron chi connectivity index (χ0n) is 7.59. The Balaban J connectivity index is 2.65. The summed E-state index contributed by atoms with van der Waals surface area (Å²) in [7, 11) is 2.08. The summed E-state index contributed by atoms with van der Waals surface area (Å²) >= 11 is 0. The van der Waals surface area contributed by atoms with Gasteiger partial charge in [-0.2, -0.15) is 0 Å². The molecule has 2 nitrogen and oxygen atoms in total. The summed E-state index contributed by atoms with van der Waals surface area (Å²) in [5, 5.41) is 9.67. The predicted octanol–water partition coefficient (Wildman–Crippen LogP) is 1.02. The molecule has 0 bridgehead atoms. The quantitative estimate of drug-likeness (QED) is 0.571. The molecule has 0 radical (unpaired) electrons. The second kappa shape index (κ2) is 2.95. The fourth-order valence-corrected chi connectivity index (χ4v) is 1.34. The molecule has 0 fully saturated rings. The minimum atomic E-state index is -0.630. The highest BCUT2D eigenvalue weighted by molar-refractivity contribution is 5.17. The second-order valence-corrected chi connectivity index (χ2v) is 3.81. The molecular weight excluding hydrogens is 138 g/mol. The van der Waals surface area contributed by atoms with Crippen LogP contribution in [0.15, 0.2) is 11.6 Å². The van der Waals surface area contributed by atoms with Gasteiger partial charge in [-0.15, -0.1) is 0 Å². The summed E-state index contributed by atoms with van der Waals surface area (Å²) in [6.45, 7) is 5.71. The summed E-state index contributed by atoms with van der Waals surface area (Å²) in [6, 6.07) is 0. The van der Waals surface area contributed by atoms with Gasteiger partial charge in [0.05, 0.1) is 5.60 Å². The molecule has 11 heavy (non-hydrogen) atoms. The molecule has 0 amide bonds. The lowest BCUT2D eigenvalue weighted by Crippen LogP contribution is -2.34. The van der Waals surface area contributed by atoms with Gasteiger partial charge in [-0.05, 0) is 32.9 Å². The Hall–Kier alpha value is -0.340. The summed E-state index contributed by atoms with van der Waals surface area (Å²) < 4.78 is 0. The lowest BCUT2D eigenvalue weighted by molar-refractivity contribution is 0.107. The van der Waals surface area contributed by atoms with Gasteiger partial charge in [-0.3, -0.25) is 0 Å². The Morgan fingerprint density at radius 1 is 1.55 bits per heavy atom. The molecule has 0 aliphatic carbocycles. The Bertz CT molecular complexity index is 167. The van der Waals surface area contributed by atoms with Gasteiger partial charge in [0.1, 0.15) is 0 Å². The fraction of sp³-hybridized carbons (Fsp3) is 0.778. The molecule has 0 aromatic carbocycles. The van der Waals surface area contributed by atoms with E-state index in [4.69, 9.17) is 0 Å². The molecule has 0 saturated carbocycles. The second-order valence-electron chi connectivity index (χ2n) is 3.81. The van der Waals surface area contributed by atoms with Gasteiger partial charge in [0.25, 0.3) is 0 Å². The van der Waals surface area contributed by atoms with Crippen LogP contribution in [0.2, 0.25) is 0 Å². The average Bonchev–Trinajstić information content (AvgIpc) is 1.86. The summed E-state index contributed by atoms with van der Waals surface area (Å²) in [5.74, 6) is 0. The van der Waals surface area contributed by atoms with Gasteiger partial charge in [0, 0.05) is 13.1 Å². The standard InChI is InChI=1S/C9H17NO/c1-9(2,11)8-5-4-6-10(3)7-8/h5,11H,4,6-7H2,1-3H3. The fourth-order valence-electron chi connectivity index (χ4n) is 1.34. The number of aliphatic hydroxyl groups is 1. The predicted molar refractivity (Wildman–Crippen MR) is 46.5 cm³/mol. The summed E-state index contributed by atoms with van der Waals surface area (Å²) in [5.41, 5.74) is 0.514. The molecule has 0 spiro atoms. The molecule has 0 unspecified atom stereocenters. The molecule has 64 valence electrons. The van der Waals surface area contributed by atoms with Crippen LogP contribution in [0.5, 0.6) is 0 Å². The molecule has 2 heteroatoms. The van der Waals surface area contributed by atoms with E-state index in [2.05, 4.69) is 18.0 Å². The normalized spacial score (nSPS) is 21.6. The third-order valence-electron chi connectivity index (χ3n) is 2.13. The van der Waals surface area contributed by atoms with Crippen LogP contribution in [-0.4, -0.2) is 35.7 Å². The maximum absolute atomic E-state index is 9.67. The highest BCUT2D eigenvalue weighted by Crippen LogP contribution is 2.19. The maximum atomic E-state index is 9.67. The van der Waals surface area contributed by atoms with E-state index in [0.717, 1.165) is 25.1 Å². The van der Waals surface area contributed by atoms with E-state index in [9.17, 15) is 5.11 Å². The van der Waals surface area contributed by atoms with E-state index < -0.39 is 5.60 Å². The van der Waals surface area contributed by atoms with Crippen LogP contribution in [0.3, 0.4) is 0 Å². The van der Waals surface area contributed by atoms with Gasteiger partial charge in [0.15, 0.2) is 0 Å². The maximum Gasteiger partial charge on any atom is 0.0813 e. The van der Waals surface area contributed by atoms with Crippen LogP contribution in [0.25, 0.3) is 0 Å². The van der Waals surface area contributed by atoms with Crippen LogP contribution >= 0.6 is 0 Å². The summed E-state index contributed by atoms with van der Waals surface area (Å²) in [6.07, 6.45) is 3.22. The first-order valence-electron chi connectivity index (χ1n) is 4.10. The van der Waals surface area contributed by atoms with E-state index >= 15 is 0 Å². The Morgan fingerprint density at radius 2 is 2.18 bits per heavy atom. The lowest BCUT2D eigenvalue weighted by Gasteiger charge is -2.30. The zero-order valence-corrected chi connectivity index (χ0v) is 7.59. The van der Waals surface area contributed by atoms with Crippen LogP contribution in [0.1, 0.15) is 20.3 Å². The first kappa shape index (κ1) is 8.75. The highest BCUT2D eigenvalue weighted by Gasteiger charge is 2.22. The third kappa shape index (κ3) is 2.31. The number of hydrogen-bond donors (Lipinski definition) is 1. The zero-order chi connectivity index (χ0) is 8.48. The number of likely N-dealkylation sites (N-methyl/N-ethyl adjacent to an activating group) is 1. The van der Waals surface area contributed by atoms with Crippen molar-refractivity contribution < 1.29 is 5.11 Å². The monoisotopic (exact) mass is 155 g/mol. The van der Waals surface area contributed by atoms with Crippen LogP contribution in [0.4, 0.5) is 0 Å². The number of rotatable bonds is 1. The van der Waals surface area contributed by atoms with E-state index in [1.54, 1.807) is 0 Å². The molecule has 0 aromatic rings. The Kier molecular flexibility index (Phi) is 2.35. The molecule has 1 aliphatic heterocycles. The van der Waals surface area contributed by atoms with Gasteiger partial charge < -0.3 is 10.0 Å². The van der Waals surface area contributed by atoms with E-state index in [-0.39, 0.29) is 0 Å². The van der Waals surface area contributed by atoms with E-state index in [0.29, 0.717) is 0 Å². The summed E-state index contributed by atoms with van der Waals surface area (Å²) in [4.78, 5) is 2.23. The highest BCUT2D eigenvalue weighted by atomic mass is 16.3. The molecule has 0 saturated heterocycles. The van der Waals surface area contributed by atoms with Crippen molar-refractivity contribution in [3.63, 3.8) is 0 Å². The van der Waals surface area contributed by atoms with Gasteiger partial charge in [-0.25, -0.2) is 0 Å². The minimum absolute atomic E-state index is 0.630. The largest absolute Gasteiger partial charge is 0.386 e. The molecule has 1 heterocycles. The van der Waals surface area contributed by atoms with Crippen molar-refractivity contribution in [1.82, 2.24) is 4.90 Å². The van der Waals surface area contributed by atoms with Crippen molar-refractivity contribution in [3.05, 3.63) is 11.6 Å². The van der Waals surface area contributed by atoms with Gasteiger partial charge in [0.2, 0.25) is 0 Å². The van der Waals surface area contributed by atoms with E-state index in [1.165, 1.54) is 0 Å². The number of hydrogen-bond acceptors (Lipinski definition) is 2. The lowest BCUT2D eigenvalue weighted by atomic mass is 9.94. The van der Waals surface area contributed by atoms with Gasteiger partial charge in [-0.1, -0.05) is 6.08 Å². The first-order chi connectivity index (χ1) is 5.00. The smallest absolute Gasteiger partial charge is 0.0813 e. The van der Waals surface area contributed by atoms with Crippen LogP contribution in [-0.2, 0) is 0 Å². The minimum Gasteiger partial charge on any atom is -0.386 e. The Morgan fingerprint density at radius 3 is 2.55 bits per heavy atom. The molecule has 1 rings (SSSR count). The van der Waals surface area contributed by atoms with Crippen molar-refractivity contribution in [2.24, 2.45) is 0 Å². The third-order valence-corrected chi connectivity index (χ3v) is 2.13. The molecule has 0 atom stereocenters. The molecule has 1 aliphatic rings. The number of nitrogens with zero attached hydrogens (tertiary/aromatic N) is 1. The SMILES string of the molecule is CN1CCC=C(C(C)(C)O)C1. The molecular formula is C9H17NO. The van der Waals surface area contributed by atoms with Crippen molar-refractivity contribution in [2.75, 3.05) is 20.1 Å². The first-order valence-corrected chi connectivity index (χ1v) is 4.10. The van der Waals surface area contributed by atoms with Crippen molar-refractivity contribution in [1.29, 1.82) is 0 Å². The van der Waals surface area contributed by atoms with Crippen molar-refractivity contribution in [2.45, 2.75) is 25.9 Å². The van der Waals surface area contributed by atoms with Crippen molar-refractivity contribution >= 4 is 0 Å². The van der Waals surface area contributed by atoms with Crippen LogP contribution < -0.4 is 0 Å². The Labute approximate surface area is 68.5 Å². The van der Waals surface area contributed by atoms with E-state index in [1.807, 2.05) is 13.8 Å². The van der Waals surface area contributed by atoms with Crippen molar-refractivity contribution in [3.8, 4) is 0 Å². The topological polar surface area (TPSA) is 23.5 Å². The molecule has 1 N–H and O–H groups in total. The average molecular weight is 155 g/mol. The van der Waals surface area contributed by atoms with Crippen LogP contribution in [0, 0.1) is 0 Å². The molecule has 0 aromatic heterocycles.